The fourth-order valence-electron chi connectivity index (χ4n) is 2.39. The standard InChI is InChI=1S/C21H22N2O3/c1-4-15-6-9-18(10-7-15)23-21(24)17(14-22)12-16-8-11-19(25-3)20(13-16)26-5-2/h6-13H,4-5H2,1-3H3,(H,23,24)/b17-12-. The van der Waals surface area contributed by atoms with Crippen LogP contribution in [0.25, 0.3) is 6.08 Å². The summed E-state index contributed by atoms with van der Waals surface area (Å²) >= 11 is 0. The molecule has 0 radical (unpaired) electrons. The van der Waals surface area contributed by atoms with Crippen molar-refractivity contribution in [2.75, 3.05) is 19.0 Å². The molecule has 5 heteroatoms. The normalized spacial score (nSPS) is 10.8. The Morgan fingerprint density at radius 3 is 2.46 bits per heavy atom. The SMILES string of the molecule is CCOc1cc(/C=C(/C#N)C(=O)Nc2ccc(CC)cc2)ccc1OC. The number of amides is 1. The van der Waals surface area contributed by atoms with Crippen LogP contribution in [0.4, 0.5) is 5.69 Å². The first-order valence-corrected chi connectivity index (χ1v) is 8.44. The van der Waals surface area contributed by atoms with Crippen LogP contribution in [0.5, 0.6) is 11.5 Å². The maximum Gasteiger partial charge on any atom is 0.266 e. The largest absolute Gasteiger partial charge is 0.493 e. The number of nitrogens with zero attached hydrogens (tertiary/aromatic N) is 1. The van der Waals surface area contributed by atoms with Gasteiger partial charge in [-0.1, -0.05) is 25.1 Å². The second-order valence-electron chi connectivity index (χ2n) is 5.52. The van der Waals surface area contributed by atoms with Gasteiger partial charge in [0.2, 0.25) is 0 Å². The Morgan fingerprint density at radius 2 is 1.88 bits per heavy atom. The molecule has 5 nitrogen and oxygen atoms in total. The molecule has 0 fully saturated rings. The van der Waals surface area contributed by atoms with Crippen LogP contribution in [0.3, 0.4) is 0 Å². The van der Waals surface area contributed by atoms with Crippen molar-refractivity contribution in [2.24, 2.45) is 0 Å². The predicted octanol–water partition coefficient (Wildman–Crippen LogP) is 4.20. The number of anilines is 1. The third-order valence-electron chi connectivity index (χ3n) is 3.78. The van der Waals surface area contributed by atoms with Gasteiger partial charge in [0, 0.05) is 5.69 Å². The molecule has 2 aromatic rings. The summed E-state index contributed by atoms with van der Waals surface area (Å²) in [4.78, 5) is 12.4. The van der Waals surface area contributed by atoms with Gasteiger partial charge < -0.3 is 14.8 Å². The molecule has 2 aromatic carbocycles. The van der Waals surface area contributed by atoms with Gasteiger partial charge >= 0.3 is 0 Å². The summed E-state index contributed by atoms with van der Waals surface area (Å²) in [5, 5.41) is 12.1. The van der Waals surface area contributed by atoms with Gasteiger partial charge in [-0.15, -0.1) is 0 Å². The highest BCUT2D eigenvalue weighted by Crippen LogP contribution is 2.29. The molecule has 2 rings (SSSR count). The van der Waals surface area contributed by atoms with Crippen LogP contribution in [0.15, 0.2) is 48.0 Å². The first kappa shape index (κ1) is 19.1. The fraction of sp³-hybridized carbons (Fsp3) is 0.238. The van der Waals surface area contributed by atoms with Crippen LogP contribution in [-0.2, 0) is 11.2 Å². The topological polar surface area (TPSA) is 71.3 Å². The van der Waals surface area contributed by atoms with Gasteiger partial charge in [0.15, 0.2) is 11.5 Å². The molecule has 0 saturated carbocycles. The molecule has 134 valence electrons. The van der Waals surface area contributed by atoms with Crippen molar-refractivity contribution in [3.63, 3.8) is 0 Å². The molecule has 0 aliphatic heterocycles. The van der Waals surface area contributed by atoms with E-state index in [9.17, 15) is 10.1 Å². The highest BCUT2D eigenvalue weighted by atomic mass is 16.5. The van der Waals surface area contributed by atoms with Crippen molar-refractivity contribution in [2.45, 2.75) is 20.3 Å². The van der Waals surface area contributed by atoms with Crippen LogP contribution in [0.2, 0.25) is 0 Å². The third-order valence-corrected chi connectivity index (χ3v) is 3.78. The smallest absolute Gasteiger partial charge is 0.266 e. The Labute approximate surface area is 153 Å². The molecule has 0 unspecified atom stereocenters. The molecule has 0 bridgehead atoms. The number of carbonyl (C=O) groups is 1. The summed E-state index contributed by atoms with van der Waals surface area (Å²) in [5.74, 6) is 0.713. The maximum atomic E-state index is 12.4. The minimum atomic E-state index is -0.453. The van der Waals surface area contributed by atoms with E-state index in [1.165, 1.54) is 11.6 Å². The molecule has 1 N–H and O–H groups in total. The molecular formula is C21H22N2O3. The lowest BCUT2D eigenvalue weighted by Gasteiger charge is -2.10. The first-order valence-electron chi connectivity index (χ1n) is 8.44. The maximum absolute atomic E-state index is 12.4. The van der Waals surface area contributed by atoms with Crippen LogP contribution in [-0.4, -0.2) is 19.6 Å². The highest BCUT2D eigenvalue weighted by Gasteiger charge is 2.11. The molecular weight excluding hydrogens is 328 g/mol. The number of methoxy groups -OCH3 is 1. The Kier molecular flexibility index (Phi) is 6.81. The van der Waals surface area contributed by atoms with E-state index in [-0.39, 0.29) is 5.57 Å². The van der Waals surface area contributed by atoms with E-state index in [4.69, 9.17) is 9.47 Å². The lowest BCUT2D eigenvalue weighted by molar-refractivity contribution is -0.112. The average molecular weight is 350 g/mol. The second-order valence-corrected chi connectivity index (χ2v) is 5.52. The quantitative estimate of drug-likeness (QED) is 0.600. The summed E-state index contributed by atoms with van der Waals surface area (Å²) in [7, 11) is 1.56. The number of ether oxygens (including phenoxy) is 2. The number of nitriles is 1. The number of nitrogens with one attached hydrogen (secondary N) is 1. The number of benzene rings is 2. The minimum absolute atomic E-state index is 0.0113. The molecule has 0 atom stereocenters. The van der Waals surface area contributed by atoms with Crippen molar-refractivity contribution < 1.29 is 14.3 Å². The zero-order valence-corrected chi connectivity index (χ0v) is 15.2. The van der Waals surface area contributed by atoms with Crippen LogP contribution in [0, 0.1) is 11.3 Å². The van der Waals surface area contributed by atoms with E-state index in [0.717, 1.165) is 6.42 Å². The van der Waals surface area contributed by atoms with Crippen molar-refractivity contribution in [3.05, 3.63) is 59.2 Å². The summed E-state index contributed by atoms with van der Waals surface area (Å²) in [6.45, 7) is 4.43. The monoisotopic (exact) mass is 350 g/mol. The minimum Gasteiger partial charge on any atom is -0.493 e. The Balaban J connectivity index is 2.21. The molecule has 0 aromatic heterocycles. The highest BCUT2D eigenvalue weighted by molar-refractivity contribution is 6.09. The van der Waals surface area contributed by atoms with Crippen molar-refractivity contribution >= 4 is 17.7 Å². The van der Waals surface area contributed by atoms with Crippen LogP contribution < -0.4 is 14.8 Å². The van der Waals surface area contributed by atoms with Crippen molar-refractivity contribution in [1.82, 2.24) is 0 Å². The van der Waals surface area contributed by atoms with Gasteiger partial charge in [-0.25, -0.2) is 0 Å². The lowest BCUT2D eigenvalue weighted by atomic mass is 10.1. The third kappa shape index (κ3) is 4.87. The second kappa shape index (κ2) is 9.28. The Hall–Kier alpha value is -3.26. The van der Waals surface area contributed by atoms with Gasteiger partial charge in [-0.05, 0) is 54.8 Å². The van der Waals surface area contributed by atoms with Gasteiger partial charge in [0.1, 0.15) is 11.6 Å². The number of carbonyl (C=O) groups excluding carboxylic acids is 1. The number of hydrogen-bond acceptors (Lipinski definition) is 4. The van der Waals surface area contributed by atoms with E-state index in [1.54, 1.807) is 25.3 Å². The molecule has 0 aliphatic carbocycles. The summed E-state index contributed by atoms with van der Waals surface area (Å²) in [5.41, 5.74) is 2.53. The van der Waals surface area contributed by atoms with E-state index in [0.29, 0.717) is 29.4 Å². The molecule has 0 spiro atoms. The number of rotatable bonds is 7. The van der Waals surface area contributed by atoms with Crippen LogP contribution >= 0.6 is 0 Å². The van der Waals surface area contributed by atoms with Crippen molar-refractivity contribution in [3.8, 4) is 17.6 Å². The van der Waals surface area contributed by atoms with E-state index in [1.807, 2.05) is 37.3 Å². The summed E-state index contributed by atoms with van der Waals surface area (Å²) < 4.78 is 10.8. The van der Waals surface area contributed by atoms with Gasteiger partial charge in [0.05, 0.1) is 13.7 Å². The van der Waals surface area contributed by atoms with E-state index in [2.05, 4.69) is 12.2 Å². The van der Waals surface area contributed by atoms with Crippen LogP contribution in [0.1, 0.15) is 25.0 Å². The lowest BCUT2D eigenvalue weighted by Crippen LogP contribution is -2.13. The van der Waals surface area contributed by atoms with Gasteiger partial charge in [0.25, 0.3) is 5.91 Å². The molecule has 0 heterocycles. The number of aryl methyl sites for hydroxylation is 1. The summed E-state index contributed by atoms with van der Waals surface area (Å²) in [6.07, 6.45) is 2.45. The molecule has 26 heavy (non-hydrogen) atoms. The van der Waals surface area contributed by atoms with Gasteiger partial charge in [-0.2, -0.15) is 5.26 Å². The molecule has 0 saturated heterocycles. The Morgan fingerprint density at radius 1 is 1.15 bits per heavy atom. The van der Waals surface area contributed by atoms with Crippen molar-refractivity contribution in [1.29, 1.82) is 5.26 Å². The van der Waals surface area contributed by atoms with E-state index >= 15 is 0 Å². The zero-order valence-electron chi connectivity index (χ0n) is 15.2. The fourth-order valence-corrected chi connectivity index (χ4v) is 2.39. The average Bonchev–Trinajstić information content (AvgIpc) is 2.67. The molecule has 1 amide bonds. The predicted molar refractivity (Wildman–Crippen MR) is 102 cm³/mol. The first-order chi connectivity index (χ1) is 12.6. The Bertz CT molecular complexity index is 833. The zero-order chi connectivity index (χ0) is 18.9. The molecule has 0 aliphatic rings. The van der Waals surface area contributed by atoms with Gasteiger partial charge in [-0.3, -0.25) is 4.79 Å². The summed E-state index contributed by atoms with van der Waals surface area (Å²) in [6, 6.07) is 14.7. The number of hydrogen-bond donors (Lipinski definition) is 1. The van der Waals surface area contributed by atoms with E-state index < -0.39 is 5.91 Å².